The predicted molar refractivity (Wildman–Crippen MR) is 99.5 cm³/mol. The number of halogens is 2. The van der Waals surface area contributed by atoms with Crippen LogP contribution in [0.2, 0.25) is 0 Å². The second-order valence-electron chi connectivity index (χ2n) is 6.82. The first-order valence-corrected chi connectivity index (χ1v) is 7.86. The fourth-order valence-corrected chi connectivity index (χ4v) is 3.80. The van der Waals surface area contributed by atoms with Crippen molar-refractivity contribution in [2.24, 2.45) is 23.3 Å². The highest BCUT2D eigenvalue weighted by atomic mass is 35.5. The molecule has 0 aromatic heterocycles. The van der Waals surface area contributed by atoms with Crippen LogP contribution in [0, 0.1) is 11.8 Å². The lowest BCUT2D eigenvalue weighted by molar-refractivity contribution is 0.236. The minimum Gasteiger partial charge on any atom is -0.328 e. The van der Waals surface area contributed by atoms with Gasteiger partial charge in [0.25, 0.3) is 0 Å². The zero-order valence-electron chi connectivity index (χ0n) is 13.2. The van der Waals surface area contributed by atoms with Crippen LogP contribution in [0.1, 0.15) is 44.6 Å². The summed E-state index contributed by atoms with van der Waals surface area (Å²) in [4.78, 5) is 0. The maximum absolute atomic E-state index is 6.67. The Morgan fingerprint density at radius 3 is 2.32 bits per heavy atom. The molecule has 2 aliphatic rings. The molecule has 22 heavy (non-hydrogen) atoms. The van der Waals surface area contributed by atoms with E-state index < -0.39 is 0 Å². The minimum absolute atomic E-state index is 0. The number of hydrogen-bond acceptors (Lipinski definition) is 2. The normalized spacial score (nSPS) is 34.3. The quantitative estimate of drug-likeness (QED) is 0.865. The van der Waals surface area contributed by atoms with Gasteiger partial charge in [0, 0.05) is 11.6 Å². The molecule has 0 bridgehead atoms. The van der Waals surface area contributed by atoms with Crippen LogP contribution in [-0.4, -0.2) is 11.6 Å². The summed E-state index contributed by atoms with van der Waals surface area (Å²) in [5, 5.41) is 0. The van der Waals surface area contributed by atoms with E-state index in [1.807, 2.05) is 0 Å². The molecule has 2 fully saturated rings. The molecule has 0 aliphatic heterocycles. The molecule has 2 saturated carbocycles. The molecule has 1 aromatic rings. The predicted octanol–water partition coefficient (Wildman–Crippen LogP) is 4.17. The van der Waals surface area contributed by atoms with E-state index in [-0.39, 0.29) is 30.4 Å². The van der Waals surface area contributed by atoms with E-state index in [9.17, 15) is 0 Å². The van der Waals surface area contributed by atoms with Gasteiger partial charge in [0.2, 0.25) is 0 Å². The van der Waals surface area contributed by atoms with Crippen molar-refractivity contribution in [3.63, 3.8) is 0 Å². The lowest BCUT2D eigenvalue weighted by Crippen LogP contribution is -2.48. The molecule has 0 amide bonds. The van der Waals surface area contributed by atoms with Crippen molar-refractivity contribution in [3.8, 4) is 0 Å². The smallest absolute Gasteiger partial charge is 0.0190 e. The standard InChI is InChI=1S/C18H26N2.2ClH/c1-13(11-14-5-3-2-4-6-14)16-12-17(16)18(20)9-7-15(19)8-10-18;;/h2-6,11,15-17H,7-10,12,19-20H2,1H3;2*1H. The summed E-state index contributed by atoms with van der Waals surface area (Å²) in [6.45, 7) is 2.26. The molecule has 0 heterocycles. The Balaban J connectivity index is 0.00000121. The van der Waals surface area contributed by atoms with Gasteiger partial charge in [0.05, 0.1) is 0 Å². The number of rotatable bonds is 3. The molecule has 2 atom stereocenters. The highest BCUT2D eigenvalue weighted by molar-refractivity contribution is 5.85. The first-order valence-electron chi connectivity index (χ1n) is 7.86. The van der Waals surface area contributed by atoms with E-state index >= 15 is 0 Å². The van der Waals surface area contributed by atoms with Crippen molar-refractivity contribution in [2.45, 2.75) is 50.6 Å². The molecular formula is C18H28Cl2N2. The van der Waals surface area contributed by atoms with Gasteiger partial charge in [0.1, 0.15) is 0 Å². The van der Waals surface area contributed by atoms with Crippen molar-refractivity contribution in [1.29, 1.82) is 0 Å². The van der Waals surface area contributed by atoms with E-state index in [0.717, 1.165) is 25.7 Å². The minimum atomic E-state index is 0. The van der Waals surface area contributed by atoms with Crippen LogP contribution in [0.3, 0.4) is 0 Å². The lowest BCUT2D eigenvalue weighted by Gasteiger charge is -2.37. The third-order valence-electron chi connectivity index (χ3n) is 5.27. The molecule has 2 aliphatic carbocycles. The molecule has 2 unspecified atom stereocenters. The summed E-state index contributed by atoms with van der Waals surface area (Å²) < 4.78 is 0. The highest BCUT2D eigenvalue weighted by Gasteiger charge is 2.51. The summed E-state index contributed by atoms with van der Waals surface area (Å²) >= 11 is 0. The summed E-state index contributed by atoms with van der Waals surface area (Å²) in [5.41, 5.74) is 15.5. The molecule has 0 radical (unpaired) electrons. The van der Waals surface area contributed by atoms with Crippen molar-refractivity contribution in [2.75, 3.05) is 0 Å². The number of nitrogens with two attached hydrogens (primary N) is 2. The van der Waals surface area contributed by atoms with Crippen LogP contribution < -0.4 is 11.5 Å². The van der Waals surface area contributed by atoms with Crippen LogP contribution in [0.5, 0.6) is 0 Å². The van der Waals surface area contributed by atoms with Crippen molar-refractivity contribution in [3.05, 3.63) is 41.5 Å². The zero-order chi connectivity index (χ0) is 14.2. The summed E-state index contributed by atoms with van der Waals surface area (Å²) in [6.07, 6.45) is 7.99. The van der Waals surface area contributed by atoms with Gasteiger partial charge in [-0.05, 0) is 56.4 Å². The summed E-state index contributed by atoms with van der Waals surface area (Å²) in [7, 11) is 0. The summed E-state index contributed by atoms with van der Waals surface area (Å²) in [6, 6.07) is 11.0. The lowest BCUT2D eigenvalue weighted by atomic mass is 9.76. The van der Waals surface area contributed by atoms with E-state index in [0.29, 0.717) is 17.9 Å². The highest BCUT2D eigenvalue weighted by Crippen LogP contribution is 2.53. The zero-order valence-corrected chi connectivity index (χ0v) is 14.8. The van der Waals surface area contributed by atoms with E-state index in [1.165, 1.54) is 17.6 Å². The van der Waals surface area contributed by atoms with Crippen LogP contribution in [-0.2, 0) is 0 Å². The maximum Gasteiger partial charge on any atom is 0.0190 e. The van der Waals surface area contributed by atoms with Crippen LogP contribution in [0.4, 0.5) is 0 Å². The van der Waals surface area contributed by atoms with Crippen molar-refractivity contribution >= 4 is 30.9 Å². The molecule has 3 rings (SSSR count). The number of allylic oxidation sites excluding steroid dienone is 1. The molecule has 1 aromatic carbocycles. The van der Waals surface area contributed by atoms with Crippen LogP contribution in [0.25, 0.3) is 6.08 Å². The topological polar surface area (TPSA) is 52.0 Å². The Kier molecular flexibility index (Phi) is 6.94. The number of hydrogen-bond donors (Lipinski definition) is 2. The molecule has 0 saturated heterocycles. The molecule has 2 nitrogen and oxygen atoms in total. The third-order valence-corrected chi connectivity index (χ3v) is 5.27. The molecule has 4 heteroatoms. The van der Waals surface area contributed by atoms with Gasteiger partial charge in [-0.15, -0.1) is 24.8 Å². The van der Waals surface area contributed by atoms with Crippen molar-refractivity contribution in [1.82, 2.24) is 0 Å². The van der Waals surface area contributed by atoms with E-state index in [4.69, 9.17) is 11.5 Å². The monoisotopic (exact) mass is 342 g/mol. The Bertz CT molecular complexity index is 493. The Morgan fingerprint density at radius 1 is 1.14 bits per heavy atom. The fraction of sp³-hybridized carbons (Fsp3) is 0.556. The molecule has 4 N–H and O–H groups in total. The van der Waals surface area contributed by atoms with E-state index in [1.54, 1.807) is 0 Å². The van der Waals surface area contributed by atoms with Gasteiger partial charge in [-0.2, -0.15) is 0 Å². The summed E-state index contributed by atoms with van der Waals surface area (Å²) in [5.74, 6) is 1.37. The SMILES string of the molecule is CC(=Cc1ccccc1)C1CC1C1(N)CCC(N)CC1.Cl.Cl. The second kappa shape index (κ2) is 7.83. The first-order chi connectivity index (χ1) is 9.58. The third kappa shape index (κ3) is 4.26. The second-order valence-corrected chi connectivity index (χ2v) is 6.82. The average molecular weight is 343 g/mol. The van der Waals surface area contributed by atoms with Crippen LogP contribution in [0.15, 0.2) is 35.9 Å². The van der Waals surface area contributed by atoms with Gasteiger partial charge in [-0.1, -0.05) is 42.0 Å². The van der Waals surface area contributed by atoms with Gasteiger partial charge in [-0.3, -0.25) is 0 Å². The average Bonchev–Trinajstić information content (AvgIpc) is 3.25. The molecule has 124 valence electrons. The Morgan fingerprint density at radius 2 is 1.73 bits per heavy atom. The first kappa shape index (κ1) is 19.5. The van der Waals surface area contributed by atoms with Gasteiger partial charge < -0.3 is 11.5 Å². The Hall–Kier alpha value is -0.540. The largest absolute Gasteiger partial charge is 0.328 e. The fourth-order valence-electron chi connectivity index (χ4n) is 3.80. The Labute approximate surface area is 146 Å². The number of benzene rings is 1. The van der Waals surface area contributed by atoms with Crippen molar-refractivity contribution < 1.29 is 0 Å². The molecule has 0 spiro atoms. The van der Waals surface area contributed by atoms with Crippen LogP contribution >= 0.6 is 24.8 Å². The van der Waals surface area contributed by atoms with E-state index in [2.05, 4.69) is 43.3 Å². The maximum atomic E-state index is 6.67. The molecular weight excluding hydrogens is 315 g/mol. The van der Waals surface area contributed by atoms with Gasteiger partial charge in [0.15, 0.2) is 0 Å². The van der Waals surface area contributed by atoms with Gasteiger partial charge in [-0.25, -0.2) is 0 Å². The van der Waals surface area contributed by atoms with Gasteiger partial charge >= 0.3 is 0 Å².